The molecule has 0 fully saturated rings. The second-order valence-corrected chi connectivity index (χ2v) is 3.54. The number of aromatic nitrogens is 2. The fourth-order valence-electron chi connectivity index (χ4n) is 1.89. The Bertz CT molecular complexity index is 277. The standard InChI is InChI=1S/C9H15N3/c1-7-11-6-9-4-8(5-10)2-3-12(7)9/h6,8H,2-5,10H2,1H3. The van der Waals surface area contributed by atoms with Gasteiger partial charge in [-0.2, -0.15) is 0 Å². The van der Waals surface area contributed by atoms with Crippen molar-refractivity contribution in [2.45, 2.75) is 26.3 Å². The van der Waals surface area contributed by atoms with Crippen molar-refractivity contribution in [1.29, 1.82) is 0 Å². The average Bonchev–Trinajstić information content (AvgIpc) is 2.47. The molecule has 1 unspecified atom stereocenters. The van der Waals surface area contributed by atoms with Crippen LogP contribution >= 0.6 is 0 Å². The average molecular weight is 165 g/mol. The lowest BCUT2D eigenvalue weighted by molar-refractivity contribution is 0.392. The van der Waals surface area contributed by atoms with E-state index in [1.807, 2.05) is 6.20 Å². The molecule has 0 bridgehead atoms. The Morgan fingerprint density at radius 3 is 3.33 bits per heavy atom. The Morgan fingerprint density at radius 2 is 2.58 bits per heavy atom. The lowest BCUT2D eigenvalue weighted by Crippen LogP contribution is -2.25. The Balaban J connectivity index is 2.24. The van der Waals surface area contributed by atoms with Crippen molar-refractivity contribution in [2.75, 3.05) is 6.54 Å². The van der Waals surface area contributed by atoms with Crippen molar-refractivity contribution in [2.24, 2.45) is 11.7 Å². The molecule has 1 aliphatic heterocycles. The summed E-state index contributed by atoms with van der Waals surface area (Å²) in [5.41, 5.74) is 6.99. The Labute approximate surface area is 72.6 Å². The molecular formula is C9H15N3. The van der Waals surface area contributed by atoms with Gasteiger partial charge in [0.25, 0.3) is 0 Å². The third-order valence-electron chi connectivity index (χ3n) is 2.73. The molecule has 1 atom stereocenters. The van der Waals surface area contributed by atoms with Crippen molar-refractivity contribution < 1.29 is 0 Å². The molecule has 0 saturated heterocycles. The minimum atomic E-state index is 0.675. The zero-order chi connectivity index (χ0) is 8.55. The normalized spacial score (nSPS) is 22.3. The topological polar surface area (TPSA) is 43.8 Å². The monoisotopic (exact) mass is 165 g/mol. The SMILES string of the molecule is Cc1ncc2n1CCC(CN)C2. The highest BCUT2D eigenvalue weighted by Gasteiger charge is 2.18. The molecule has 0 amide bonds. The van der Waals surface area contributed by atoms with E-state index in [9.17, 15) is 0 Å². The van der Waals surface area contributed by atoms with Gasteiger partial charge in [-0.3, -0.25) is 0 Å². The van der Waals surface area contributed by atoms with Crippen LogP contribution in [0.2, 0.25) is 0 Å². The van der Waals surface area contributed by atoms with E-state index in [4.69, 9.17) is 5.73 Å². The highest BCUT2D eigenvalue weighted by Crippen LogP contribution is 2.20. The van der Waals surface area contributed by atoms with Crippen LogP contribution in [0.25, 0.3) is 0 Å². The van der Waals surface area contributed by atoms with Crippen LogP contribution in [0.15, 0.2) is 6.20 Å². The first-order valence-electron chi connectivity index (χ1n) is 4.52. The summed E-state index contributed by atoms with van der Waals surface area (Å²) < 4.78 is 2.30. The Morgan fingerprint density at radius 1 is 1.75 bits per heavy atom. The maximum absolute atomic E-state index is 5.64. The zero-order valence-corrected chi connectivity index (χ0v) is 7.45. The van der Waals surface area contributed by atoms with Gasteiger partial charge in [-0.15, -0.1) is 0 Å². The molecule has 1 aliphatic rings. The number of rotatable bonds is 1. The van der Waals surface area contributed by atoms with Gasteiger partial charge in [-0.25, -0.2) is 4.98 Å². The summed E-state index contributed by atoms with van der Waals surface area (Å²) in [5.74, 6) is 1.81. The third kappa shape index (κ3) is 1.14. The highest BCUT2D eigenvalue weighted by molar-refractivity contribution is 5.07. The van der Waals surface area contributed by atoms with Gasteiger partial charge in [0.15, 0.2) is 0 Å². The molecular weight excluding hydrogens is 150 g/mol. The first-order valence-corrected chi connectivity index (χ1v) is 4.52. The Kier molecular flexibility index (Phi) is 1.89. The van der Waals surface area contributed by atoms with Crippen LogP contribution in [0.4, 0.5) is 0 Å². The molecule has 3 heteroatoms. The zero-order valence-electron chi connectivity index (χ0n) is 7.45. The van der Waals surface area contributed by atoms with Crippen LogP contribution < -0.4 is 5.73 Å². The van der Waals surface area contributed by atoms with E-state index in [0.717, 1.165) is 25.3 Å². The molecule has 0 saturated carbocycles. The van der Waals surface area contributed by atoms with Crippen molar-refractivity contribution in [3.63, 3.8) is 0 Å². The summed E-state index contributed by atoms with van der Waals surface area (Å²) in [7, 11) is 0. The first-order chi connectivity index (χ1) is 5.81. The predicted octanol–water partition coefficient (Wildman–Crippen LogP) is 0.713. The van der Waals surface area contributed by atoms with Gasteiger partial charge in [-0.1, -0.05) is 0 Å². The quantitative estimate of drug-likeness (QED) is 0.666. The molecule has 2 heterocycles. The number of aryl methyl sites for hydroxylation is 1. The minimum absolute atomic E-state index is 0.675. The third-order valence-corrected chi connectivity index (χ3v) is 2.73. The molecule has 3 nitrogen and oxygen atoms in total. The lowest BCUT2D eigenvalue weighted by Gasteiger charge is -2.22. The number of nitrogens with two attached hydrogens (primary N) is 1. The molecule has 2 rings (SSSR count). The maximum Gasteiger partial charge on any atom is 0.105 e. The summed E-state index contributed by atoms with van der Waals surface area (Å²) in [4.78, 5) is 4.29. The van der Waals surface area contributed by atoms with E-state index in [0.29, 0.717) is 5.92 Å². The van der Waals surface area contributed by atoms with E-state index < -0.39 is 0 Å². The van der Waals surface area contributed by atoms with Gasteiger partial charge < -0.3 is 10.3 Å². The summed E-state index contributed by atoms with van der Waals surface area (Å²) in [5, 5.41) is 0. The van der Waals surface area contributed by atoms with Gasteiger partial charge in [0.1, 0.15) is 5.82 Å². The molecule has 0 aromatic carbocycles. The molecule has 1 aromatic rings. The number of imidazole rings is 1. The van der Waals surface area contributed by atoms with E-state index in [1.165, 1.54) is 12.1 Å². The van der Waals surface area contributed by atoms with Crippen LogP contribution in [0.5, 0.6) is 0 Å². The summed E-state index contributed by atoms with van der Waals surface area (Å²) in [6, 6.07) is 0. The van der Waals surface area contributed by atoms with Crippen molar-refractivity contribution in [1.82, 2.24) is 9.55 Å². The van der Waals surface area contributed by atoms with Gasteiger partial charge in [0, 0.05) is 18.4 Å². The molecule has 0 radical (unpaired) electrons. The van der Waals surface area contributed by atoms with Gasteiger partial charge in [0.05, 0.1) is 0 Å². The molecule has 12 heavy (non-hydrogen) atoms. The molecule has 1 aromatic heterocycles. The van der Waals surface area contributed by atoms with Crippen LogP contribution in [0.1, 0.15) is 17.9 Å². The fourth-order valence-corrected chi connectivity index (χ4v) is 1.89. The van der Waals surface area contributed by atoms with Crippen LogP contribution in [-0.4, -0.2) is 16.1 Å². The summed E-state index contributed by atoms with van der Waals surface area (Å²) in [6.07, 6.45) is 4.30. The van der Waals surface area contributed by atoms with Crippen molar-refractivity contribution >= 4 is 0 Å². The van der Waals surface area contributed by atoms with Crippen LogP contribution in [0.3, 0.4) is 0 Å². The second-order valence-electron chi connectivity index (χ2n) is 3.54. The van der Waals surface area contributed by atoms with Crippen LogP contribution in [-0.2, 0) is 13.0 Å². The van der Waals surface area contributed by atoms with Crippen molar-refractivity contribution in [3.8, 4) is 0 Å². The van der Waals surface area contributed by atoms with E-state index in [2.05, 4.69) is 16.5 Å². The number of hydrogen-bond acceptors (Lipinski definition) is 2. The van der Waals surface area contributed by atoms with Gasteiger partial charge >= 0.3 is 0 Å². The number of hydrogen-bond donors (Lipinski definition) is 1. The predicted molar refractivity (Wildman–Crippen MR) is 47.8 cm³/mol. The van der Waals surface area contributed by atoms with Crippen LogP contribution in [0, 0.1) is 12.8 Å². The number of nitrogens with zero attached hydrogens (tertiary/aromatic N) is 2. The van der Waals surface area contributed by atoms with E-state index >= 15 is 0 Å². The van der Waals surface area contributed by atoms with Gasteiger partial charge in [-0.05, 0) is 32.2 Å². The fraction of sp³-hybridized carbons (Fsp3) is 0.667. The molecule has 66 valence electrons. The second kappa shape index (κ2) is 2.90. The molecule has 2 N–H and O–H groups in total. The van der Waals surface area contributed by atoms with Crippen molar-refractivity contribution in [3.05, 3.63) is 17.7 Å². The molecule has 0 aliphatic carbocycles. The largest absolute Gasteiger partial charge is 0.332 e. The van der Waals surface area contributed by atoms with Gasteiger partial charge in [0.2, 0.25) is 0 Å². The maximum atomic E-state index is 5.64. The van der Waals surface area contributed by atoms with E-state index in [1.54, 1.807) is 0 Å². The first kappa shape index (κ1) is 7.80. The Hall–Kier alpha value is -0.830. The summed E-state index contributed by atoms with van der Waals surface area (Å²) in [6.45, 7) is 3.97. The smallest absolute Gasteiger partial charge is 0.105 e. The number of fused-ring (bicyclic) bond motifs is 1. The lowest BCUT2D eigenvalue weighted by atomic mass is 9.96. The van der Waals surface area contributed by atoms with E-state index in [-0.39, 0.29) is 0 Å². The highest BCUT2D eigenvalue weighted by atomic mass is 15.1. The molecule has 0 spiro atoms. The minimum Gasteiger partial charge on any atom is -0.332 e. The summed E-state index contributed by atoms with van der Waals surface area (Å²) >= 11 is 0.